The summed E-state index contributed by atoms with van der Waals surface area (Å²) in [7, 11) is 0. The van der Waals surface area contributed by atoms with Gasteiger partial charge in [-0.1, -0.05) is 47.5 Å². The molecule has 0 saturated heterocycles. The van der Waals surface area contributed by atoms with E-state index >= 15 is 0 Å². The van der Waals surface area contributed by atoms with Gasteiger partial charge in [0.25, 0.3) is 0 Å². The summed E-state index contributed by atoms with van der Waals surface area (Å²) in [6, 6.07) is 15.7. The number of thioether (sulfide) groups is 1. The average Bonchev–Trinajstić information content (AvgIpc) is 2.46. The van der Waals surface area contributed by atoms with Crippen molar-refractivity contribution in [1.29, 1.82) is 0 Å². The van der Waals surface area contributed by atoms with Gasteiger partial charge in [-0.2, -0.15) is 0 Å². The molecule has 4 heteroatoms. The van der Waals surface area contributed by atoms with E-state index in [4.69, 9.17) is 23.2 Å². The third-order valence-corrected chi connectivity index (χ3v) is 4.91. The molecular weight excluding hydrogens is 323 g/mol. The number of rotatable bonds is 6. The maximum atomic E-state index is 11.1. The first-order valence-corrected chi connectivity index (χ1v) is 8.48. The van der Waals surface area contributed by atoms with Crippen LogP contribution in [-0.4, -0.2) is 11.5 Å². The van der Waals surface area contributed by atoms with Crippen LogP contribution in [0.15, 0.2) is 48.5 Å². The molecular formula is C17H16Cl2OS. The number of hydrogen-bond donors (Lipinski definition) is 0. The molecule has 2 rings (SSSR count). The molecule has 0 aliphatic carbocycles. The molecule has 0 aliphatic rings. The minimum atomic E-state index is 0.180. The van der Waals surface area contributed by atoms with Crippen LogP contribution in [0.1, 0.15) is 29.7 Å². The fourth-order valence-corrected chi connectivity index (χ4v) is 3.57. The maximum absolute atomic E-state index is 11.1. The van der Waals surface area contributed by atoms with Crippen molar-refractivity contribution < 1.29 is 4.79 Å². The molecule has 0 N–H and O–H groups in total. The smallest absolute Gasteiger partial charge is 0.130 e. The van der Waals surface area contributed by atoms with E-state index in [0.717, 1.165) is 15.8 Å². The van der Waals surface area contributed by atoms with E-state index in [1.807, 2.05) is 48.5 Å². The topological polar surface area (TPSA) is 17.1 Å². The van der Waals surface area contributed by atoms with Crippen LogP contribution < -0.4 is 0 Å². The molecule has 2 aromatic carbocycles. The second kappa shape index (κ2) is 7.88. The van der Waals surface area contributed by atoms with E-state index in [1.165, 1.54) is 11.1 Å². The van der Waals surface area contributed by atoms with Crippen molar-refractivity contribution in [2.24, 2.45) is 0 Å². The Morgan fingerprint density at radius 3 is 1.76 bits per heavy atom. The number of carbonyl (C=O) groups excluding carboxylic acids is 1. The Bertz CT molecular complexity index is 548. The summed E-state index contributed by atoms with van der Waals surface area (Å²) in [4.78, 5) is 11.1. The molecule has 0 aromatic heterocycles. The predicted molar refractivity (Wildman–Crippen MR) is 92.5 cm³/mol. The minimum absolute atomic E-state index is 0.180. The van der Waals surface area contributed by atoms with Crippen molar-refractivity contribution in [1.82, 2.24) is 0 Å². The molecule has 21 heavy (non-hydrogen) atoms. The molecule has 0 saturated carbocycles. The first-order valence-electron chi connectivity index (χ1n) is 6.68. The molecule has 1 nitrogen and oxygen atoms in total. The minimum Gasteiger partial charge on any atom is -0.300 e. The number of ketones is 1. The highest BCUT2D eigenvalue weighted by molar-refractivity contribution is 7.99. The zero-order chi connectivity index (χ0) is 15.2. The van der Waals surface area contributed by atoms with E-state index in [2.05, 4.69) is 0 Å². The summed E-state index contributed by atoms with van der Waals surface area (Å²) >= 11 is 13.7. The molecule has 0 fully saturated rings. The summed E-state index contributed by atoms with van der Waals surface area (Å²) in [5, 5.41) is 1.63. The lowest BCUT2D eigenvalue weighted by Gasteiger charge is -2.18. The SMILES string of the molecule is CC(=O)CCSC(c1ccc(Cl)cc1)c1ccc(Cl)cc1. The zero-order valence-corrected chi connectivity index (χ0v) is 14.0. The van der Waals surface area contributed by atoms with Crippen molar-refractivity contribution in [3.05, 3.63) is 69.7 Å². The van der Waals surface area contributed by atoms with Gasteiger partial charge < -0.3 is 0 Å². The Hall–Kier alpha value is -0.960. The molecule has 0 atom stereocenters. The second-order valence-electron chi connectivity index (χ2n) is 4.81. The van der Waals surface area contributed by atoms with E-state index in [1.54, 1.807) is 18.7 Å². The van der Waals surface area contributed by atoms with Gasteiger partial charge in [-0.25, -0.2) is 0 Å². The number of Topliss-reactive ketones (excluding diaryl/α,β-unsaturated/α-hetero) is 1. The Morgan fingerprint density at radius 2 is 1.38 bits per heavy atom. The second-order valence-corrected chi connectivity index (χ2v) is 6.89. The van der Waals surface area contributed by atoms with Gasteiger partial charge in [-0.3, -0.25) is 4.79 Å². The fraction of sp³-hybridized carbons (Fsp3) is 0.235. The monoisotopic (exact) mass is 338 g/mol. The van der Waals surface area contributed by atoms with Crippen molar-refractivity contribution in [3.8, 4) is 0 Å². The van der Waals surface area contributed by atoms with Gasteiger partial charge in [0.05, 0.1) is 5.25 Å². The van der Waals surface area contributed by atoms with Crippen LogP contribution >= 0.6 is 35.0 Å². The molecule has 0 aliphatic heterocycles. The molecule has 110 valence electrons. The summed E-state index contributed by atoms with van der Waals surface area (Å²) in [6.07, 6.45) is 0.586. The molecule has 0 unspecified atom stereocenters. The van der Waals surface area contributed by atoms with E-state index in [9.17, 15) is 4.79 Å². The molecule has 2 aromatic rings. The van der Waals surface area contributed by atoms with Crippen LogP contribution in [0.4, 0.5) is 0 Å². The van der Waals surface area contributed by atoms with Crippen molar-refractivity contribution >= 4 is 40.7 Å². The van der Waals surface area contributed by atoms with Gasteiger partial charge in [0, 0.05) is 22.2 Å². The predicted octanol–water partition coefficient (Wildman–Crippen LogP) is 5.80. The lowest BCUT2D eigenvalue weighted by molar-refractivity contribution is -0.116. The third-order valence-electron chi connectivity index (χ3n) is 3.08. The van der Waals surface area contributed by atoms with Gasteiger partial charge in [0.2, 0.25) is 0 Å². The van der Waals surface area contributed by atoms with E-state index in [-0.39, 0.29) is 11.0 Å². The van der Waals surface area contributed by atoms with Crippen molar-refractivity contribution in [2.75, 3.05) is 5.75 Å². The number of halogens is 2. The van der Waals surface area contributed by atoms with Crippen LogP contribution in [0, 0.1) is 0 Å². The van der Waals surface area contributed by atoms with Gasteiger partial charge in [-0.05, 0) is 42.3 Å². The standard InChI is InChI=1S/C17H16Cl2OS/c1-12(20)10-11-21-17(13-2-6-15(18)7-3-13)14-4-8-16(19)9-5-14/h2-9,17H,10-11H2,1H3. The highest BCUT2D eigenvalue weighted by atomic mass is 35.5. The van der Waals surface area contributed by atoms with Gasteiger partial charge >= 0.3 is 0 Å². The molecule has 0 heterocycles. The molecule has 0 bridgehead atoms. The zero-order valence-electron chi connectivity index (χ0n) is 11.7. The summed E-state index contributed by atoms with van der Waals surface area (Å²) in [6.45, 7) is 1.63. The van der Waals surface area contributed by atoms with Crippen LogP contribution in [0.2, 0.25) is 10.0 Å². The molecule has 0 radical (unpaired) electrons. The van der Waals surface area contributed by atoms with E-state index in [0.29, 0.717) is 6.42 Å². The van der Waals surface area contributed by atoms with Gasteiger partial charge in [-0.15, -0.1) is 11.8 Å². The summed E-state index contributed by atoms with van der Waals surface area (Å²) in [5.41, 5.74) is 2.35. The lowest BCUT2D eigenvalue weighted by Crippen LogP contribution is -2.00. The van der Waals surface area contributed by atoms with Crippen LogP contribution in [0.5, 0.6) is 0 Å². The van der Waals surface area contributed by atoms with Crippen molar-refractivity contribution in [3.63, 3.8) is 0 Å². The van der Waals surface area contributed by atoms with Crippen LogP contribution in [0.3, 0.4) is 0 Å². The Balaban J connectivity index is 2.22. The first-order chi connectivity index (χ1) is 10.1. The average molecular weight is 339 g/mol. The highest BCUT2D eigenvalue weighted by Crippen LogP contribution is 2.36. The Kier molecular flexibility index (Phi) is 6.16. The Morgan fingerprint density at radius 1 is 0.952 bits per heavy atom. The van der Waals surface area contributed by atoms with Crippen molar-refractivity contribution in [2.45, 2.75) is 18.6 Å². The van der Waals surface area contributed by atoms with Gasteiger partial charge in [0.1, 0.15) is 5.78 Å². The van der Waals surface area contributed by atoms with Crippen LogP contribution in [0.25, 0.3) is 0 Å². The number of hydrogen-bond acceptors (Lipinski definition) is 2. The largest absolute Gasteiger partial charge is 0.300 e. The van der Waals surface area contributed by atoms with Gasteiger partial charge in [0.15, 0.2) is 0 Å². The molecule has 0 amide bonds. The maximum Gasteiger partial charge on any atom is 0.130 e. The Labute approximate surface area is 139 Å². The summed E-state index contributed by atoms with van der Waals surface area (Å²) < 4.78 is 0. The normalized spacial score (nSPS) is 10.9. The quantitative estimate of drug-likeness (QED) is 0.662. The number of benzene rings is 2. The third kappa shape index (κ3) is 5.06. The first kappa shape index (κ1) is 16.4. The lowest BCUT2D eigenvalue weighted by atomic mass is 10.0. The summed E-state index contributed by atoms with van der Waals surface area (Å²) in [5.74, 6) is 1.01. The number of carbonyl (C=O) groups is 1. The highest BCUT2D eigenvalue weighted by Gasteiger charge is 2.15. The van der Waals surface area contributed by atoms with E-state index < -0.39 is 0 Å². The fourth-order valence-electron chi connectivity index (χ4n) is 1.98. The molecule has 0 spiro atoms. The van der Waals surface area contributed by atoms with Crippen LogP contribution in [-0.2, 0) is 4.79 Å².